The van der Waals surface area contributed by atoms with Gasteiger partial charge < -0.3 is 5.43 Å². The van der Waals surface area contributed by atoms with Crippen LogP contribution < -0.4 is 11.3 Å². The average molecular weight is 219 g/mol. The minimum atomic E-state index is 0.954. The summed E-state index contributed by atoms with van der Waals surface area (Å²) in [5.41, 5.74) is 5.67. The molecule has 0 bridgehead atoms. The Bertz CT molecular complexity index is 449. The number of hydrogen-bond donors (Lipinski definition) is 2. The van der Waals surface area contributed by atoms with Gasteiger partial charge in [0.05, 0.1) is 16.3 Å². The molecule has 0 saturated heterocycles. The van der Waals surface area contributed by atoms with Gasteiger partial charge in [-0.25, -0.2) is 0 Å². The van der Waals surface area contributed by atoms with Gasteiger partial charge in [-0.3, -0.25) is 10.8 Å². The minimum Gasteiger partial charge on any atom is -0.327 e. The maximum atomic E-state index is 5.41. The van der Waals surface area contributed by atoms with Crippen LogP contribution in [0.3, 0.4) is 0 Å². The Hall–Kier alpha value is -1.26. The van der Waals surface area contributed by atoms with Gasteiger partial charge in [-0.2, -0.15) is 0 Å². The Kier molecular flexibility index (Phi) is 2.79. The summed E-state index contributed by atoms with van der Waals surface area (Å²) in [6, 6.07) is 8.11. The fourth-order valence-electron chi connectivity index (χ4n) is 1.46. The van der Waals surface area contributed by atoms with Crippen LogP contribution in [-0.4, -0.2) is 5.71 Å². The molecule has 78 valence electrons. The maximum absolute atomic E-state index is 5.41. The van der Waals surface area contributed by atoms with E-state index in [1.54, 1.807) is 11.8 Å². The molecule has 0 fully saturated rings. The van der Waals surface area contributed by atoms with E-state index in [1.807, 2.05) is 32.0 Å². The van der Waals surface area contributed by atoms with Crippen LogP contribution in [0.1, 0.15) is 13.8 Å². The predicted molar refractivity (Wildman–Crippen MR) is 65.1 cm³/mol. The summed E-state index contributed by atoms with van der Waals surface area (Å²) in [6.45, 7) is 3.95. The van der Waals surface area contributed by atoms with Crippen molar-refractivity contribution in [2.45, 2.75) is 18.7 Å². The van der Waals surface area contributed by atoms with Gasteiger partial charge in [-0.05, 0) is 26.0 Å². The van der Waals surface area contributed by atoms with Crippen molar-refractivity contribution in [2.24, 2.45) is 10.8 Å². The van der Waals surface area contributed by atoms with Gasteiger partial charge in [0.15, 0.2) is 0 Å². The second kappa shape index (κ2) is 4.08. The SMILES string of the molecule is CC1=Nc2ccccc2SC1=C(C)NN. The standard InChI is InChI=1S/C11H13N3S/c1-7-11(8(2)14-12)15-10-6-4-3-5-9(10)13-7/h3-6,14H,12H2,1-2H3. The van der Waals surface area contributed by atoms with Gasteiger partial charge in [-0.15, -0.1) is 0 Å². The van der Waals surface area contributed by atoms with Crippen molar-refractivity contribution in [2.75, 3.05) is 0 Å². The molecule has 0 aromatic heterocycles. The highest BCUT2D eigenvalue weighted by atomic mass is 32.2. The Labute approximate surface area is 93.4 Å². The lowest BCUT2D eigenvalue weighted by molar-refractivity contribution is 0.885. The van der Waals surface area contributed by atoms with Crippen LogP contribution in [0.4, 0.5) is 5.69 Å². The summed E-state index contributed by atoms with van der Waals surface area (Å²) in [5, 5.41) is 0. The third-order valence-electron chi connectivity index (χ3n) is 2.25. The number of aliphatic imine (C=N–C) groups is 1. The number of benzene rings is 1. The number of nitrogens with zero attached hydrogens (tertiary/aromatic N) is 1. The molecule has 0 radical (unpaired) electrons. The summed E-state index contributed by atoms with van der Waals surface area (Å²) in [7, 11) is 0. The largest absolute Gasteiger partial charge is 0.327 e. The smallest absolute Gasteiger partial charge is 0.0772 e. The van der Waals surface area contributed by atoms with Crippen LogP contribution in [0.5, 0.6) is 0 Å². The second-order valence-electron chi connectivity index (χ2n) is 3.37. The first kappa shape index (κ1) is 10.3. The molecule has 1 aliphatic rings. The van der Waals surface area contributed by atoms with Gasteiger partial charge in [0, 0.05) is 10.6 Å². The average Bonchev–Trinajstić information content (AvgIpc) is 2.27. The van der Waals surface area contributed by atoms with Crippen LogP contribution in [0.2, 0.25) is 0 Å². The third kappa shape index (κ3) is 1.91. The van der Waals surface area contributed by atoms with Crippen molar-refractivity contribution < 1.29 is 0 Å². The molecule has 3 N–H and O–H groups in total. The quantitative estimate of drug-likeness (QED) is 0.564. The molecule has 1 aromatic carbocycles. The summed E-state index contributed by atoms with van der Waals surface area (Å²) in [5.74, 6) is 5.41. The lowest BCUT2D eigenvalue weighted by Gasteiger charge is -2.17. The van der Waals surface area contributed by atoms with Crippen LogP contribution in [0.25, 0.3) is 0 Å². The van der Waals surface area contributed by atoms with E-state index in [0.717, 1.165) is 22.0 Å². The number of para-hydroxylation sites is 1. The normalized spacial score (nSPS) is 17.9. The summed E-state index contributed by atoms with van der Waals surface area (Å²) in [6.07, 6.45) is 0. The number of allylic oxidation sites excluding steroid dienone is 2. The van der Waals surface area contributed by atoms with Crippen molar-refractivity contribution in [3.05, 3.63) is 34.9 Å². The Morgan fingerprint density at radius 1 is 1.40 bits per heavy atom. The zero-order valence-electron chi connectivity index (χ0n) is 8.74. The Morgan fingerprint density at radius 3 is 2.87 bits per heavy atom. The number of nitrogens with two attached hydrogens (primary N) is 1. The van der Waals surface area contributed by atoms with E-state index in [2.05, 4.69) is 16.5 Å². The molecule has 1 aliphatic heterocycles. The zero-order chi connectivity index (χ0) is 10.8. The molecule has 0 atom stereocenters. The molecule has 1 heterocycles. The fraction of sp³-hybridized carbons (Fsp3) is 0.182. The van der Waals surface area contributed by atoms with Crippen LogP contribution in [-0.2, 0) is 0 Å². The molecule has 0 amide bonds. The van der Waals surface area contributed by atoms with Crippen LogP contribution in [0.15, 0.2) is 44.8 Å². The van der Waals surface area contributed by atoms with E-state index in [9.17, 15) is 0 Å². The van der Waals surface area contributed by atoms with E-state index in [0.29, 0.717) is 0 Å². The molecule has 15 heavy (non-hydrogen) atoms. The first-order chi connectivity index (χ1) is 7.22. The van der Waals surface area contributed by atoms with E-state index in [1.165, 1.54) is 4.90 Å². The highest BCUT2D eigenvalue weighted by molar-refractivity contribution is 8.04. The van der Waals surface area contributed by atoms with Crippen molar-refractivity contribution in [1.29, 1.82) is 0 Å². The first-order valence-electron chi connectivity index (χ1n) is 4.72. The van der Waals surface area contributed by atoms with Crippen molar-refractivity contribution in [3.63, 3.8) is 0 Å². The van der Waals surface area contributed by atoms with E-state index >= 15 is 0 Å². The van der Waals surface area contributed by atoms with E-state index in [4.69, 9.17) is 5.84 Å². The molecule has 2 rings (SSSR count). The zero-order valence-corrected chi connectivity index (χ0v) is 9.56. The molecule has 1 aromatic rings. The summed E-state index contributed by atoms with van der Waals surface area (Å²) < 4.78 is 0. The molecule has 0 unspecified atom stereocenters. The second-order valence-corrected chi connectivity index (χ2v) is 4.42. The minimum absolute atomic E-state index is 0.954. The first-order valence-corrected chi connectivity index (χ1v) is 5.54. The Morgan fingerprint density at radius 2 is 2.13 bits per heavy atom. The number of thioether (sulfide) groups is 1. The van der Waals surface area contributed by atoms with Crippen LogP contribution in [0, 0.1) is 0 Å². The predicted octanol–water partition coefficient (Wildman–Crippen LogP) is 2.58. The molecule has 0 saturated carbocycles. The fourth-order valence-corrected chi connectivity index (χ4v) is 2.45. The summed E-state index contributed by atoms with van der Waals surface area (Å²) in [4.78, 5) is 6.82. The Balaban J connectivity index is 2.49. The maximum Gasteiger partial charge on any atom is 0.0772 e. The third-order valence-corrected chi connectivity index (χ3v) is 3.62. The number of fused-ring (bicyclic) bond motifs is 1. The molecular formula is C11H13N3S. The molecule has 4 heteroatoms. The van der Waals surface area contributed by atoms with Crippen molar-refractivity contribution in [1.82, 2.24) is 5.43 Å². The van der Waals surface area contributed by atoms with Crippen molar-refractivity contribution >= 4 is 23.2 Å². The molecule has 0 aliphatic carbocycles. The molecule has 0 spiro atoms. The van der Waals surface area contributed by atoms with Gasteiger partial charge in [0.1, 0.15) is 0 Å². The summed E-state index contributed by atoms with van der Waals surface area (Å²) >= 11 is 1.70. The number of hydrogen-bond acceptors (Lipinski definition) is 4. The van der Waals surface area contributed by atoms with E-state index in [-0.39, 0.29) is 0 Å². The lowest BCUT2D eigenvalue weighted by Crippen LogP contribution is -2.22. The monoisotopic (exact) mass is 219 g/mol. The molecule has 3 nitrogen and oxygen atoms in total. The number of nitrogens with one attached hydrogen (secondary N) is 1. The van der Waals surface area contributed by atoms with Crippen LogP contribution >= 0.6 is 11.8 Å². The number of rotatable bonds is 1. The highest BCUT2D eigenvalue weighted by Gasteiger charge is 2.16. The van der Waals surface area contributed by atoms with Gasteiger partial charge in [0.25, 0.3) is 0 Å². The lowest BCUT2D eigenvalue weighted by atomic mass is 10.3. The van der Waals surface area contributed by atoms with Crippen molar-refractivity contribution in [3.8, 4) is 0 Å². The van der Waals surface area contributed by atoms with Gasteiger partial charge >= 0.3 is 0 Å². The van der Waals surface area contributed by atoms with Gasteiger partial charge in [0.2, 0.25) is 0 Å². The molecular weight excluding hydrogens is 206 g/mol. The van der Waals surface area contributed by atoms with E-state index < -0.39 is 0 Å². The highest BCUT2D eigenvalue weighted by Crippen LogP contribution is 2.40. The van der Waals surface area contributed by atoms with Gasteiger partial charge in [-0.1, -0.05) is 23.9 Å². The number of hydrazine groups is 1. The topological polar surface area (TPSA) is 50.4 Å².